The van der Waals surface area contributed by atoms with Crippen molar-refractivity contribution in [1.29, 1.82) is 0 Å². The number of para-hydroxylation sites is 1. The molecule has 2 aromatic heterocycles. The van der Waals surface area contributed by atoms with Gasteiger partial charge in [0.2, 0.25) is 0 Å². The van der Waals surface area contributed by atoms with Crippen molar-refractivity contribution < 1.29 is 9.26 Å². The van der Waals surface area contributed by atoms with Gasteiger partial charge < -0.3 is 14.2 Å². The second-order valence-corrected chi connectivity index (χ2v) is 7.07. The molecule has 0 amide bonds. The van der Waals surface area contributed by atoms with E-state index in [-0.39, 0.29) is 6.10 Å². The Morgan fingerprint density at radius 1 is 1.15 bits per heavy atom. The van der Waals surface area contributed by atoms with Gasteiger partial charge in [-0.15, -0.1) is 0 Å². The molecular formula is C20H20N4O2. The molecule has 1 saturated carbocycles. The lowest BCUT2D eigenvalue weighted by atomic mass is 10.1. The Morgan fingerprint density at radius 2 is 2.04 bits per heavy atom. The highest BCUT2D eigenvalue weighted by Crippen LogP contribution is 2.38. The summed E-state index contributed by atoms with van der Waals surface area (Å²) >= 11 is 0. The van der Waals surface area contributed by atoms with Crippen LogP contribution < -0.4 is 9.64 Å². The van der Waals surface area contributed by atoms with Gasteiger partial charge in [-0.1, -0.05) is 23.4 Å². The van der Waals surface area contributed by atoms with Crippen molar-refractivity contribution in [2.45, 2.75) is 31.3 Å². The molecule has 0 radical (unpaired) electrons. The zero-order valence-corrected chi connectivity index (χ0v) is 14.6. The van der Waals surface area contributed by atoms with Crippen LogP contribution in [0.4, 0.5) is 5.82 Å². The first-order valence-electron chi connectivity index (χ1n) is 9.02. The monoisotopic (exact) mass is 348 g/mol. The quantitative estimate of drug-likeness (QED) is 0.704. The first-order chi connectivity index (χ1) is 12.8. The van der Waals surface area contributed by atoms with Gasteiger partial charge in [-0.05, 0) is 36.6 Å². The molecule has 132 valence electrons. The number of pyridine rings is 1. The first-order valence-corrected chi connectivity index (χ1v) is 9.02. The summed E-state index contributed by atoms with van der Waals surface area (Å²) in [5, 5.41) is 4.06. The van der Waals surface area contributed by atoms with Crippen LogP contribution in [-0.2, 0) is 6.42 Å². The van der Waals surface area contributed by atoms with Crippen molar-refractivity contribution in [2.24, 2.45) is 0 Å². The highest BCUT2D eigenvalue weighted by Gasteiger charge is 2.29. The molecule has 1 atom stereocenters. The van der Waals surface area contributed by atoms with Gasteiger partial charge >= 0.3 is 0 Å². The van der Waals surface area contributed by atoms with Crippen molar-refractivity contribution >= 4 is 5.82 Å². The molecule has 6 heteroatoms. The maximum atomic E-state index is 6.02. The number of hydrogen-bond donors (Lipinski definition) is 0. The van der Waals surface area contributed by atoms with Crippen LogP contribution >= 0.6 is 0 Å². The molecule has 6 nitrogen and oxygen atoms in total. The maximum absolute atomic E-state index is 6.02. The van der Waals surface area contributed by atoms with E-state index in [4.69, 9.17) is 9.26 Å². The fourth-order valence-corrected chi connectivity index (χ4v) is 3.35. The second-order valence-electron chi connectivity index (χ2n) is 7.07. The molecule has 1 fully saturated rings. The van der Waals surface area contributed by atoms with Gasteiger partial charge in [-0.25, -0.2) is 4.98 Å². The summed E-state index contributed by atoms with van der Waals surface area (Å²) in [6.07, 6.45) is 5.20. The Hall–Kier alpha value is -2.89. The van der Waals surface area contributed by atoms with E-state index in [1.807, 2.05) is 31.3 Å². The lowest BCUT2D eigenvalue weighted by Gasteiger charge is -2.22. The van der Waals surface area contributed by atoms with Crippen molar-refractivity contribution in [3.05, 3.63) is 54.0 Å². The molecule has 1 aliphatic carbocycles. The molecule has 0 N–H and O–H groups in total. The number of fused-ring (bicyclic) bond motifs is 1. The van der Waals surface area contributed by atoms with Crippen LogP contribution in [0.2, 0.25) is 0 Å². The third kappa shape index (κ3) is 2.92. The molecule has 5 rings (SSSR count). The summed E-state index contributed by atoms with van der Waals surface area (Å²) in [6, 6.07) is 12.2. The van der Waals surface area contributed by atoms with Crippen molar-refractivity contribution in [3.63, 3.8) is 0 Å². The van der Waals surface area contributed by atoms with Crippen LogP contribution in [0.3, 0.4) is 0 Å². The summed E-state index contributed by atoms with van der Waals surface area (Å²) < 4.78 is 11.4. The molecule has 0 unspecified atom stereocenters. The van der Waals surface area contributed by atoms with Gasteiger partial charge in [0.15, 0.2) is 5.82 Å². The maximum Gasteiger partial charge on any atom is 0.259 e. The SMILES string of the molecule is CN(C[C@@H]1Cc2ccccc2O1)c1ccc(-c2nc(C3CC3)no2)cn1. The minimum atomic E-state index is 0.149. The van der Waals surface area contributed by atoms with Gasteiger partial charge in [0, 0.05) is 25.6 Å². The van der Waals surface area contributed by atoms with Crippen LogP contribution in [0.15, 0.2) is 47.1 Å². The zero-order chi connectivity index (χ0) is 17.5. The molecular weight excluding hydrogens is 328 g/mol. The minimum Gasteiger partial charge on any atom is -0.488 e. The molecule has 0 bridgehead atoms. The lowest BCUT2D eigenvalue weighted by Crippen LogP contribution is -2.32. The van der Waals surface area contributed by atoms with Crippen molar-refractivity contribution in [3.8, 4) is 17.2 Å². The molecule has 1 aliphatic heterocycles. The summed E-state index contributed by atoms with van der Waals surface area (Å²) in [5.74, 6) is 3.75. The summed E-state index contributed by atoms with van der Waals surface area (Å²) in [7, 11) is 2.03. The van der Waals surface area contributed by atoms with E-state index in [9.17, 15) is 0 Å². The molecule has 1 aromatic carbocycles. The van der Waals surface area contributed by atoms with Crippen LogP contribution in [0.25, 0.3) is 11.5 Å². The van der Waals surface area contributed by atoms with Gasteiger partial charge in [0.05, 0.1) is 12.1 Å². The minimum absolute atomic E-state index is 0.149. The van der Waals surface area contributed by atoms with Crippen LogP contribution in [0, 0.1) is 0 Å². The molecule has 26 heavy (non-hydrogen) atoms. The predicted octanol–water partition coefficient (Wildman–Crippen LogP) is 3.45. The Balaban J connectivity index is 1.25. The summed E-state index contributed by atoms with van der Waals surface area (Å²) in [4.78, 5) is 11.1. The summed E-state index contributed by atoms with van der Waals surface area (Å²) in [5.41, 5.74) is 2.13. The Kier molecular flexibility index (Phi) is 3.62. The van der Waals surface area contributed by atoms with Crippen molar-refractivity contribution in [1.82, 2.24) is 15.1 Å². The largest absolute Gasteiger partial charge is 0.488 e. The van der Waals surface area contributed by atoms with Crippen LogP contribution in [-0.4, -0.2) is 34.8 Å². The highest BCUT2D eigenvalue weighted by molar-refractivity contribution is 5.54. The molecule has 2 aliphatic rings. The zero-order valence-electron chi connectivity index (χ0n) is 14.6. The van der Waals surface area contributed by atoms with Gasteiger partial charge in [0.1, 0.15) is 17.7 Å². The van der Waals surface area contributed by atoms with Gasteiger partial charge in [-0.3, -0.25) is 0 Å². The number of anilines is 1. The lowest BCUT2D eigenvalue weighted by molar-refractivity contribution is 0.239. The Morgan fingerprint density at radius 3 is 2.81 bits per heavy atom. The second kappa shape index (κ2) is 6.12. The number of nitrogens with zero attached hydrogens (tertiary/aromatic N) is 4. The van der Waals surface area contributed by atoms with Crippen LogP contribution in [0.1, 0.15) is 30.1 Å². The fraction of sp³-hybridized carbons (Fsp3) is 0.350. The van der Waals surface area contributed by atoms with E-state index in [1.165, 1.54) is 5.56 Å². The van der Waals surface area contributed by atoms with E-state index in [0.29, 0.717) is 11.8 Å². The molecule has 0 saturated heterocycles. The van der Waals surface area contributed by atoms with E-state index < -0.39 is 0 Å². The standard InChI is InChI=1S/C20H20N4O2/c1-24(12-16-10-14-4-2-3-5-17(14)25-16)18-9-8-15(11-21-18)20-22-19(23-26-20)13-6-7-13/h2-5,8-9,11,13,16H,6-7,10,12H2,1H3/t16-/m0/s1. The van der Waals surface area contributed by atoms with E-state index in [2.05, 4.69) is 32.2 Å². The number of aromatic nitrogens is 3. The average Bonchev–Trinajstić information content (AvgIpc) is 3.25. The molecule has 3 heterocycles. The topological polar surface area (TPSA) is 64.3 Å². The molecule has 3 aromatic rings. The number of benzene rings is 1. The Labute approximate surface area is 151 Å². The van der Waals surface area contributed by atoms with Gasteiger partial charge in [0.25, 0.3) is 5.89 Å². The number of likely N-dealkylation sites (N-methyl/N-ethyl adjacent to an activating group) is 1. The predicted molar refractivity (Wildman–Crippen MR) is 97.3 cm³/mol. The third-order valence-electron chi connectivity index (χ3n) is 4.96. The fourth-order valence-electron chi connectivity index (χ4n) is 3.35. The van der Waals surface area contributed by atoms with Gasteiger partial charge in [-0.2, -0.15) is 4.98 Å². The number of rotatable bonds is 5. The normalized spacial score (nSPS) is 18.4. The van der Waals surface area contributed by atoms with Crippen LogP contribution in [0.5, 0.6) is 5.75 Å². The highest BCUT2D eigenvalue weighted by atomic mass is 16.5. The number of hydrogen-bond acceptors (Lipinski definition) is 6. The van der Waals surface area contributed by atoms with E-state index in [1.54, 1.807) is 6.20 Å². The Bertz CT molecular complexity index is 893. The van der Waals surface area contributed by atoms with E-state index >= 15 is 0 Å². The number of ether oxygens (including phenoxy) is 1. The first kappa shape index (κ1) is 15.4. The third-order valence-corrected chi connectivity index (χ3v) is 4.96. The van der Waals surface area contributed by atoms with Crippen molar-refractivity contribution in [2.75, 3.05) is 18.5 Å². The average molecular weight is 348 g/mol. The van der Waals surface area contributed by atoms with E-state index in [0.717, 1.165) is 48.8 Å². The summed E-state index contributed by atoms with van der Waals surface area (Å²) in [6.45, 7) is 0.785. The molecule has 0 spiro atoms. The smallest absolute Gasteiger partial charge is 0.259 e.